The monoisotopic (exact) mass is 464 g/mol. The van der Waals surface area contributed by atoms with Crippen LogP contribution in [0.4, 0.5) is 10.2 Å². The summed E-state index contributed by atoms with van der Waals surface area (Å²) in [5.74, 6) is 0.592. The third-order valence-corrected chi connectivity index (χ3v) is 7.04. The van der Waals surface area contributed by atoms with Gasteiger partial charge in [0.15, 0.2) is 18.2 Å². The van der Waals surface area contributed by atoms with Gasteiger partial charge in [0.2, 0.25) is 0 Å². The third-order valence-electron chi connectivity index (χ3n) is 7.04. The number of halogens is 1. The highest BCUT2D eigenvalue weighted by molar-refractivity contribution is 5.94. The molecular formula is C24H25FN6O3. The van der Waals surface area contributed by atoms with Gasteiger partial charge in [-0.05, 0) is 56.6 Å². The molecule has 1 aromatic carbocycles. The quantitative estimate of drug-likeness (QED) is 0.603. The number of carbonyl (C=O) groups excluding carboxylic acids is 1. The molecule has 34 heavy (non-hydrogen) atoms. The second-order valence-electron chi connectivity index (χ2n) is 9.14. The number of nitrogens with zero attached hydrogens (tertiary/aromatic N) is 4. The maximum Gasteiger partial charge on any atom is 0.269 e. The predicted molar refractivity (Wildman–Crippen MR) is 123 cm³/mol. The molecule has 1 fully saturated rings. The van der Waals surface area contributed by atoms with Crippen molar-refractivity contribution in [2.24, 2.45) is 0 Å². The number of amides is 1. The molecule has 0 bridgehead atoms. The normalized spacial score (nSPS) is 20.6. The number of anilines is 1. The summed E-state index contributed by atoms with van der Waals surface area (Å²) in [4.78, 5) is 35.1. The summed E-state index contributed by atoms with van der Waals surface area (Å²) in [5, 5.41) is 6.30. The predicted octanol–water partition coefficient (Wildman–Crippen LogP) is 1.44. The molecular weight excluding hydrogens is 439 g/mol. The van der Waals surface area contributed by atoms with E-state index in [0.717, 1.165) is 31.6 Å². The van der Waals surface area contributed by atoms with Gasteiger partial charge in [0.1, 0.15) is 5.82 Å². The minimum Gasteiger partial charge on any atom is -0.480 e. The highest BCUT2D eigenvalue weighted by atomic mass is 19.1. The molecule has 1 amide bonds. The van der Waals surface area contributed by atoms with Gasteiger partial charge < -0.3 is 19.9 Å². The highest BCUT2D eigenvalue weighted by Gasteiger charge is 2.31. The molecule has 5 heterocycles. The molecule has 10 heteroatoms. The fourth-order valence-corrected chi connectivity index (χ4v) is 5.26. The van der Waals surface area contributed by atoms with Gasteiger partial charge in [-0.25, -0.2) is 14.4 Å². The van der Waals surface area contributed by atoms with E-state index >= 15 is 0 Å². The van der Waals surface area contributed by atoms with Crippen LogP contribution in [0.1, 0.15) is 24.1 Å². The van der Waals surface area contributed by atoms with E-state index in [1.165, 1.54) is 12.3 Å². The SMILES string of the molecule is O=C1COc2ccc(CNC3CCN(C4Cc5c(F)ccc6ncc(=O)n(c56)C4)CC3)nc2N1. The first-order chi connectivity index (χ1) is 16.5. The van der Waals surface area contributed by atoms with E-state index in [2.05, 4.69) is 25.5 Å². The van der Waals surface area contributed by atoms with Crippen molar-refractivity contribution in [3.63, 3.8) is 0 Å². The summed E-state index contributed by atoms with van der Waals surface area (Å²) in [7, 11) is 0. The van der Waals surface area contributed by atoms with Gasteiger partial charge in [0.25, 0.3) is 11.5 Å². The van der Waals surface area contributed by atoms with Crippen LogP contribution >= 0.6 is 0 Å². The van der Waals surface area contributed by atoms with Crippen molar-refractivity contribution in [3.05, 3.63) is 57.9 Å². The number of nitrogens with one attached hydrogen (secondary N) is 2. The zero-order chi connectivity index (χ0) is 23.2. The molecule has 3 aromatic rings. The summed E-state index contributed by atoms with van der Waals surface area (Å²) in [6.07, 6.45) is 3.81. The molecule has 2 aromatic heterocycles. The fourth-order valence-electron chi connectivity index (χ4n) is 5.26. The highest BCUT2D eigenvalue weighted by Crippen LogP contribution is 2.29. The van der Waals surface area contributed by atoms with Crippen LogP contribution in [0.3, 0.4) is 0 Å². The van der Waals surface area contributed by atoms with Crippen molar-refractivity contribution < 1.29 is 13.9 Å². The van der Waals surface area contributed by atoms with E-state index in [1.54, 1.807) is 10.6 Å². The number of piperidine rings is 1. The molecule has 176 valence electrons. The van der Waals surface area contributed by atoms with Crippen molar-refractivity contribution in [3.8, 4) is 5.75 Å². The van der Waals surface area contributed by atoms with Crippen molar-refractivity contribution in [2.45, 2.75) is 44.4 Å². The van der Waals surface area contributed by atoms with Crippen molar-refractivity contribution in [1.82, 2.24) is 24.8 Å². The van der Waals surface area contributed by atoms with Gasteiger partial charge >= 0.3 is 0 Å². The molecule has 1 saturated heterocycles. The Hall–Kier alpha value is -3.37. The lowest BCUT2D eigenvalue weighted by Gasteiger charge is -2.40. The number of ether oxygens (including phenoxy) is 1. The van der Waals surface area contributed by atoms with Crippen LogP contribution in [-0.4, -0.2) is 57.1 Å². The van der Waals surface area contributed by atoms with Gasteiger partial charge in [0, 0.05) is 30.7 Å². The molecule has 0 spiro atoms. The Morgan fingerprint density at radius 2 is 2.03 bits per heavy atom. The first-order valence-corrected chi connectivity index (χ1v) is 11.6. The smallest absolute Gasteiger partial charge is 0.269 e. The molecule has 0 aliphatic carbocycles. The van der Waals surface area contributed by atoms with E-state index < -0.39 is 0 Å². The number of hydrogen-bond donors (Lipinski definition) is 2. The van der Waals surface area contributed by atoms with Crippen LogP contribution < -0.4 is 20.9 Å². The van der Waals surface area contributed by atoms with Gasteiger partial charge in [0.05, 0.1) is 22.9 Å². The van der Waals surface area contributed by atoms with E-state index in [0.29, 0.717) is 53.7 Å². The maximum atomic E-state index is 14.6. The van der Waals surface area contributed by atoms with Crippen LogP contribution in [0.2, 0.25) is 0 Å². The number of rotatable bonds is 4. The van der Waals surface area contributed by atoms with Gasteiger partial charge in [-0.2, -0.15) is 0 Å². The van der Waals surface area contributed by atoms with E-state index in [-0.39, 0.29) is 29.9 Å². The Bertz CT molecular complexity index is 1330. The molecule has 3 aliphatic rings. The largest absolute Gasteiger partial charge is 0.480 e. The number of carbonyl (C=O) groups is 1. The molecule has 1 atom stereocenters. The summed E-state index contributed by atoms with van der Waals surface area (Å²) < 4.78 is 21.7. The molecule has 1 unspecified atom stereocenters. The number of aromatic nitrogens is 3. The number of fused-ring (bicyclic) bond motifs is 1. The number of likely N-dealkylation sites (tertiary alicyclic amines) is 1. The van der Waals surface area contributed by atoms with Gasteiger partial charge in [-0.1, -0.05) is 0 Å². The summed E-state index contributed by atoms with van der Waals surface area (Å²) >= 11 is 0. The molecule has 0 radical (unpaired) electrons. The topological polar surface area (TPSA) is 101 Å². The maximum absolute atomic E-state index is 14.6. The number of benzene rings is 1. The Morgan fingerprint density at radius 1 is 1.18 bits per heavy atom. The van der Waals surface area contributed by atoms with E-state index in [4.69, 9.17) is 4.74 Å². The fraction of sp³-hybridized carbons (Fsp3) is 0.417. The second kappa shape index (κ2) is 8.44. The average Bonchev–Trinajstić information content (AvgIpc) is 2.86. The van der Waals surface area contributed by atoms with Crippen LogP contribution in [0.15, 0.2) is 35.3 Å². The lowest BCUT2D eigenvalue weighted by Crippen LogP contribution is -2.50. The Kier molecular flexibility index (Phi) is 5.26. The average molecular weight is 465 g/mol. The summed E-state index contributed by atoms with van der Waals surface area (Å²) in [6.45, 7) is 2.91. The Morgan fingerprint density at radius 3 is 2.88 bits per heavy atom. The van der Waals surface area contributed by atoms with Crippen LogP contribution in [0.25, 0.3) is 11.0 Å². The number of pyridine rings is 1. The molecule has 9 nitrogen and oxygen atoms in total. The summed E-state index contributed by atoms with van der Waals surface area (Å²) in [6, 6.07) is 7.24. The minimum atomic E-state index is -0.269. The number of hydrogen-bond acceptors (Lipinski definition) is 7. The second-order valence-corrected chi connectivity index (χ2v) is 9.14. The van der Waals surface area contributed by atoms with E-state index in [9.17, 15) is 14.0 Å². The minimum absolute atomic E-state index is 0.0186. The molecule has 3 aliphatic heterocycles. The lowest BCUT2D eigenvalue weighted by molar-refractivity contribution is -0.118. The lowest BCUT2D eigenvalue weighted by atomic mass is 9.95. The van der Waals surface area contributed by atoms with E-state index in [1.807, 2.05) is 12.1 Å². The zero-order valence-electron chi connectivity index (χ0n) is 18.6. The molecule has 0 saturated carbocycles. The molecule has 2 N–H and O–H groups in total. The van der Waals surface area contributed by atoms with Crippen LogP contribution in [0, 0.1) is 5.82 Å². The van der Waals surface area contributed by atoms with Crippen LogP contribution in [-0.2, 0) is 24.3 Å². The van der Waals surface area contributed by atoms with Crippen molar-refractivity contribution >= 4 is 22.8 Å². The first-order valence-electron chi connectivity index (χ1n) is 11.6. The van der Waals surface area contributed by atoms with Crippen LogP contribution in [0.5, 0.6) is 5.75 Å². The Labute approximate surface area is 194 Å². The standard InChI is InChI=1S/C24H25FN6O3/c25-18-2-3-19-23-17(18)9-16(12-31(23)22(33)11-27-19)30-7-5-14(6-8-30)26-10-15-1-4-20-24(28-15)29-21(32)13-34-20/h1-4,11,14,16,26H,5-10,12-13H2,(H,28,29,32). The third kappa shape index (κ3) is 3.82. The summed E-state index contributed by atoms with van der Waals surface area (Å²) in [5.41, 5.74) is 2.56. The molecule has 6 rings (SSSR count). The Balaban J connectivity index is 1.09. The zero-order valence-corrected chi connectivity index (χ0v) is 18.6. The van der Waals surface area contributed by atoms with Gasteiger partial charge in [-0.3, -0.25) is 14.5 Å². The van der Waals surface area contributed by atoms with Crippen molar-refractivity contribution in [1.29, 1.82) is 0 Å². The van der Waals surface area contributed by atoms with Crippen molar-refractivity contribution in [2.75, 3.05) is 25.0 Å². The first kappa shape index (κ1) is 21.2. The van der Waals surface area contributed by atoms with Gasteiger partial charge in [-0.15, -0.1) is 0 Å².